The van der Waals surface area contributed by atoms with Crippen LogP contribution in [0.2, 0.25) is 15.1 Å². The topological polar surface area (TPSA) is 52.1 Å². The minimum atomic E-state index is -0.630. The van der Waals surface area contributed by atoms with Crippen molar-refractivity contribution in [2.45, 2.75) is 13.8 Å². The van der Waals surface area contributed by atoms with Gasteiger partial charge in [0.1, 0.15) is 5.52 Å². The number of carbonyl (C=O) groups is 1. The predicted molar refractivity (Wildman–Crippen MR) is 75.3 cm³/mol. The first-order chi connectivity index (χ1) is 8.97. The van der Waals surface area contributed by atoms with Gasteiger partial charge < -0.3 is 4.74 Å². The molecule has 0 aliphatic heterocycles. The molecule has 2 rings (SSSR count). The molecule has 0 atom stereocenters. The number of hydrogen-bond acceptors (Lipinski definition) is 4. The predicted octanol–water partition coefficient (Wildman–Crippen LogP) is 4.08. The molecule has 0 aliphatic rings. The van der Waals surface area contributed by atoms with Crippen LogP contribution in [0.25, 0.3) is 10.9 Å². The SMILES string of the molecule is CCOC(=O)c1nnc2c(Cl)c(C)c(Cl)cc2c1Cl. The Morgan fingerprint density at radius 1 is 1.26 bits per heavy atom. The van der Waals surface area contributed by atoms with E-state index in [2.05, 4.69) is 10.2 Å². The molecule has 1 heterocycles. The Morgan fingerprint density at radius 3 is 2.58 bits per heavy atom. The summed E-state index contributed by atoms with van der Waals surface area (Å²) in [5.41, 5.74) is 1.04. The lowest BCUT2D eigenvalue weighted by atomic mass is 10.1. The molecule has 0 radical (unpaired) electrons. The van der Waals surface area contributed by atoms with Crippen molar-refractivity contribution < 1.29 is 9.53 Å². The van der Waals surface area contributed by atoms with Crippen LogP contribution in [0.5, 0.6) is 0 Å². The smallest absolute Gasteiger partial charge is 0.360 e. The summed E-state index contributed by atoms with van der Waals surface area (Å²) in [5, 5.41) is 9.11. The summed E-state index contributed by atoms with van der Waals surface area (Å²) in [6, 6.07) is 1.61. The molecular formula is C12H9Cl3N2O2. The number of carbonyl (C=O) groups excluding carboxylic acids is 1. The lowest BCUT2D eigenvalue weighted by Crippen LogP contribution is -2.09. The molecule has 19 heavy (non-hydrogen) atoms. The Labute approximate surface area is 124 Å². The lowest BCUT2D eigenvalue weighted by molar-refractivity contribution is 0.0518. The summed E-state index contributed by atoms with van der Waals surface area (Å²) < 4.78 is 4.85. The number of nitrogens with zero attached hydrogens (tertiary/aromatic N) is 2. The first-order valence-electron chi connectivity index (χ1n) is 5.45. The van der Waals surface area contributed by atoms with Gasteiger partial charge in [-0.2, -0.15) is 0 Å². The van der Waals surface area contributed by atoms with E-state index < -0.39 is 5.97 Å². The number of ether oxygens (including phenoxy) is 1. The monoisotopic (exact) mass is 318 g/mol. The van der Waals surface area contributed by atoms with E-state index in [1.165, 1.54) is 0 Å². The van der Waals surface area contributed by atoms with E-state index in [4.69, 9.17) is 39.5 Å². The quantitative estimate of drug-likeness (QED) is 0.783. The first-order valence-corrected chi connectivity index (χ1v) is 6.58. The van der Waals surface area contributed by atoms with Gasteiger partial charge in [0.2, 0.25) is 0 Å². The van der Waals surface area contributed by atoms with Crippen molar-refractivity contribution in [3.63, 3.8) is 0 Å². The van der Waals surface area contributed by atoms with Crippen molar-refractivity contribution in [2.24, 2.45) is 0 Å². The first kappa shape index (κ1) is 14.3. The molecule has 0 spiro atoms. The van der Waals surface area contributed by atoms with Crippen molar-refractivity contribution in [3.05, 3.63) is 32.4 Å². The standard InChI is InChI=1S/C12H9Cl3N2O2/c1-3-19-12(18)11-9(15)6-4-7(13)5(2)8(14)10(6)16-17-11/h4H,3H2,1-2H3. The largest absolute Gasteiger partial charge is 0.461 e. The minimum absolute atomic E-state index is 0.0491. The Hall–Kier alpha value is -1.10. The van der Waals surface area contributed by atoms with E-state index in [1.54, 1.807) is 19.9 Å². The third-order valence-corrected chi connectivity index (χ3v) is 3.82. The molecule has 0 fully saturated rings. The van der Waals surface area contributed by atoms with E-state index in [-0.39, 0.29) is 17.3 Å². The molecule has 4 nitrogen and oxygen atoms in total. The Balaban J connectivity index is 2.72. The molecule has 0 N–H and O–H groups in total. The fourth-order valence-corrected chi connectivity index (χ4v) is 2.32. The molecule has 100 valence electrons. The molecule has 7 heteroatoms. The molecule has 1 aromatic heterocycles. The third kappa shape index (κ3) is 2.48. The van der Waals surface area contributed by atoms with Crippen LogP contribution in [0.15, 0.2) is 6.07 Å². The van der Waals surface area contributed by atoms with Gasteiger partial charge in [-0.25, -0.2) is 4.79 Å². The molecule has 0 saturated heterocycles. The Kier molecular flexibility index (Phi) is 4.13. The van der Waals surface area contributed by atoms with Crippen LogP contribution in [0.1, 0.15) is 23.0 Å². The third-order valence-electron chi connectivity index (χ3n) is 2.58. The van der Waals surface area contributed by atoms with Crippen molar-refractivity contribution in [2.75, 3.05) is 6.61 Å². The summed E-state index contributed by atoms with van der Waals surface area (Å²) in [5.74, 6) is -0.630. The van der Waals surface area contributed by atoms with E-state index in [0.717, 1.165) is 0 Å². The maximum atomic E-state index is 11.7. The van der Waals surface area contributed by atoms with Gasteiger partial charge >= 0.3 is 5.97 Å². The van der Waals surface area contributed by atoms with E-state index >= 15 is 0 Å². The highest BCUT2D eigenvalue weighted by molar-refractivity contribution is 6.43. The fourth-order valence-electron chi connectivity index (χ4n) is 1.57. The zero-order valence-electron chi connectivity index (χ0n) is 10.1. The minimum Gasteiger partial charge on any atom is -0.461 e. The van der Waals surface area contributed by atoms with Gasteiger partial charge in [-0.15, -0.1) is 10.2 Å². The van der Waals surface area contributed by atoms with Crippen molar-refractivity contribution >= 4 is 51.7 Å². The molecule has 2 aromatic rings. The van der Waals surface area contributed by atoms with Gasteiger partial charge in [0, 0.05) is 10.4 Å². The highest BCUT2D eigenvalue weighted by Crippen LogP contribution is 2.35. The summed E-state index contributed by atoms with van der Waals surface area (Å²) in [4.78, 5) is 11.7. The number of benzene rings is 1. The summed E-state index contributed by atoms with van der Waals surface area (Å²) in [6.45, 7) is 3.68. The number of aromatic nitrogens is 2. The van der Waals surface area contributed by atoms with Crippen LogP contribution >= 0.6 is 34.8 Å². The number of hydrogen-bond donors (Lipinski definition) is 0. The summed E-state index contributed by atoms with van der Waals surface area (Å²) in [7, 11) is 0. The second-order valence-electron chi connectivity index (χ2n) is 3.78. The molecule has 0 saturated carbocycles. The van der Waals surface area contributed by atoms with Gasteiger partial charge in [-0.05, 0) is 25.5 Å². The Bertz CT molecular complexity index is 674. The van der Waals surface area contributed by atoms with Crippen LogP contribution in [-0.4, -0.2) is 22.8 Å². The fraction of sp³-hybridized carbons (Fsp3) is 0.250. The van der Waals surface area contributed by atoms with Crippen LogP contribution in [0.3, 0.4) is 0 Å². The number of rotatable bonds is 2. The number of fused-ring (bicyclic) bond motifs is 1. The van der Waals surface area contributed by atoms with Gasteiger partial charge in [0.05, 0.1) is 16.7 Å². The van der Waals surface area contributed by atoms with E-state index in [0.29, 0.717) is 26.5 Å². The van der Waals surface area contributed by atoms with E-state index in [9.17, 15) is 4.79 Å². The van der Waals surface area contributed by atoms with Crippen molar-refractivity contribution in [1.82, 2.24) is 10.2 Å². The van der Waals surface area contributed by atoms with Crippen molar-refractivity contribution in [3.8, 4) is 0 Å². The molecule has 0 unspecified atom stereocenters. The second kappa shape index (κ2) is 5.49. The zero-order valence-corrected chi connectivity index (χ0v) is 12.4. The van der Waals surface area contributed by atoms with Crippen LogP contribution in [0.4, 0.5) is 0 Å². The number of halogens is 3. The maximum Gasteiger partial charge on any atom is 0.360 e. The van der Waals surface area contributed by atoms with Crippen molar-refractivity contribution in [1.29, 1.82) is 0 Å². The van der Waals surface area contributed by atoms with Crippen LogP contribution < -0.4 is 0 Å². The molecule has 1 aromatic carbocycles. The Morgan fingerprint density at radius 2 is 1.95 bits per heavy atom. The van der Waals surface area contributed by atoms with Crippen LogP contribution in [0, 0.1) is 6.92 Å². The lowest BCUT2D eigenvalue weighted by Gasteiger charge is -2.09. The van der Waals surface area contributed by atoms with Gasteiger partial charge in [-0.3, -0.25) is 0 Å². The number of esters is 1. The van der Waals surface area contributed by atoms with Crippen LogP contribution in [-0.2, 0) is 4.74 Å². The second-order valence-corrected chi connectivity index (χ2v) is 4.94. The average Bonchev–Trinajstić information content (AvgIpc) is 2.38. The molecule has 0 bridgehead atoms. The maximum absolute atomic E-state index is 11.7. The van der Waals surface area contributed by atoms with E-state index in [1.807, 2.05) is 0 Å². The average molecular weight is 320 g/mol. The molecule has 0 aliphatic carbocycles. The summed E-state index contributed by atoms with van der Waals surface area (Å²) >= 11 is 18.3. The summed E-state index contributed by atoms with van der Waals surface area (Å²) in [6.07, 6.45) is 0. The highest BCUT2D eigenvalue weighted by atomic mass is 35.5. The molecular weight excluding hydrogens is 311 g/mol. The highest BCUT2D eigenvalue weighted by Gasteiger charge is 2.20. The molecule has 0 amide bonds. The van der Waals surface area contributed by atoms with Gasteiger partial charge in [-0.1, -0.05) is 34.8 Å². The van der Waals surface area contributed by atoms with Gasteiger partial charge in [0.15, 0.2) is 5.69 Å². The zero-order chi connectivity index (χ0) is 14.2. The van der Waals surface area contributed by atoms with Gasteiger partial charge in [0.25, 0.3) is 0 Å². The normalized spacial score (nSPS) is 10.8.